The molecule has 2 amide bonds. The molecule has 0 aliphatic heterocycles. The van der Waals surface area contributed by atoms with Crippen molar-refractivity contribution in [1.82, 2.24) is 15.6 Å². The van der Waals surface area contributed by atoms with Gasteiger partial charge in [0.25, 0.3) is 0 Å². The molecule has 2 atom stereocenters. The summed E-state index contributed by atoms with van der Waals surface area (Å²) in [6.07, 6.45) is 0.717. The number of benzene rings is 2. The molecule has 35 heavy (non-hydrogen) atoms. The van der Waals surface area contributed by atoms with Crippen LogP contribution in [-0.4, -0.2) is 22.6 Å². The van der Waals surface area contributed by atoms with E-state index < -0.39 is 29.7 Å². The van der Waals surface area contributed by atoms with Crippen LogP contribution < -0.4 is 10.6 Å². The van der Waals surface area contributed by atoms with Gasteiger partial charge in [0.1, 0.15) is 11.6 Å². The van der Waals surface area contributed by atoms with Crippen LogP contribution >= 0.6 is 46.4 Å². The van der Waals surface area contributed by atoms with Crippen molar-refractivity contribution >= 4 is 58.4 Å². The Kier molecular flexibility index (Phi) is 8.89. The third-order valence-corrected chi connectivity index (χ3v) is 5.91. The number of pyridine rings is 1. The highest BCUT2D eigenvalue weighted by atomic mass is 35.5. The second kappa shape index (κ2) is 11.5. The molecule has 0 spiro atoms. The lowest BCUT2D eigenvalue weighted by Gasteiger charge is -2.26. The summed E-state index contributed by atoms with van der Waals surface area (Å²) in [5.41, 5.74) is 0.848. The fourth-order valence-electron chi connectivity index (χ4n) is 3.22. The van der Waals surface area contributed by atoms with Crippen LogP contribution in [0, 0.1) is 0 Å². The summed E-state index contributed by atoms with van der Waals surface area (Å²) in [5, 5.41) is 7.11. The summed E-state index contributed by atoms with van der Waals surface area (Å²) in [6.45, 7) is 5.19. The lowest BCUT2D eigenvalue weighted by Crippen LogP contribution is -2.43. The van der Waals surface area contributed by atoms with Crippen molar-refractivity contribution in [3.05, 3.63) is 97.7 Å². The predicted molar refractivity (Wildman–Crippen MR) is 139 cm³/mol. The third-order valence-electron chi connectivity index (χ3n) is 4.71. The number of amides is 2. The van der Waals surface area contributed by atoms with Crippen LogP contribution in [0.2, 0.25) is 20.1 Å². The molecule has 1 unspecified atom stereocenters. The molecule has 0 fully saturated rings. The SMILES string of the molecule is CC(C)(C)OC(=O)NC(C(=O)N[C@@H](c1ccc(Cl)c(Cl)c1)c1ccc(Cl)cn1)c1cccc(Cl)c1. The lowest BCUT2D eigenvalue weighted by molar-refractivity contribution is -0.123. The van der Waals surface area contributed by atoms with Crippen LogP contribution in [0.5, 0.6) is 0 Å². The third kappa shape index (κ3) is 7.74. The zero-order chi connectivity index (χ0) is 25.8. The molecule has 0 bridgehead atoms. The van der Waals surface area contributed by atoms with E-state index in [0.717, 1.165) is 0 Å². The fourth-order valence-corrected chi connectivity index (χ4v) is 3.83. The number of hydrogen-bond donors (Lipinski definition) is 2. The van der Waals surface area contributed by atoms with Crippen molar-refractivity contribution in [1.29, 1.82) is 0 Å². The predicted octanol–water partition coefficient (Wildman–Crippen LogP) is 7.17. The number of carbonyl (C=O) groups excluding carboxylic acids is 2. The number of halogens is 4. The Balaban J connectivity index is 1.98. The molecule has 0 saturated carbocycles. The highest BCUT2D eigenvalue weighted by Crippen LogP contribution is 2.30. The molecule has 2 N–H and O–H groups in total. The van der Waals surface area contributed by atoms with Gasteiger partial charge in [-0.3, -0.25) is 9.78 Å². The van der Waals surface area contributed by atoms with Crippen LogP contribution in [0.15, 0.2) is 60.8 Å². The van der Waals surface area contributed by atoms with E-state index in [1.165, 1.54) is 6.20 Å². The smallest absolute Gasteiger partial charge is 0.408 e. The fraction of sp³-hybridized carbons (Fsp3) is 0.240. The van der Waals surface area contributed by atoms with Gasteiger partial charge in [-0.1, -0.05) is 64.6 Å². The monoisotopic (exact) mass is 553 g/mol. The van der Waals surface area contributed by atoms with Crippen LogP contribution in [0.3, 0.4) is 0 Å². The Bertz CT molecular complexity index is 1210. The number of rotatable bonds is 6. The summed E-state index contributed by atoms with van der Waals surface area (Å²) in [7, 11) is 0. The van der Waals surface area contributed by atoms with E-state index >= 15 is 0 Å². The number of nitrogens with zero attached hydrogens (tertiary/aromatic N) is 1. The largest absolute Gasteiger partial charge is 0.444 e. The van der Waals surface area contributed by atoms with Crippen molar-refractivity contribution in [3.63, 3.8) is 0 Å². The van der Waals surface area contributed by atoms with Gasteiger partial charge in [0.15, 0.2) is 0 Å². The van der Waals surface area contributed by atoms with Crippen LogP contribution in [0.25, 0.3) is 0 Å². The van der Waals surface area contributed by atoms with Gasteiger partial charge in [-0.2, -0.15) is 0 Å². The van der Waals surface area contributed by atoms with E-state index in [-0.39, 0.29) is 0 Å². The summed E-state index contributed by atoms with van der Waals surface area (Å²) in [5.74, 6) is -0.522. The van der Waals surface area contributed by atoms with Gasteiger partial charge < -0.3 is 15.4 Å². The zero-order valence-electron chi connectivity index (χ0n) is 19.1. The summed E-state index contributed by atoms with van der Waals surface area (Å²) >= 11 is 24.5. The Labute approximate surface area is 223 Å². The lowest BCUT2D eigenvalue weighted by atomic mass is 10.0. The topological polar surface area (TPSA) is 80.3 Å². The molecule has 184 valence electrons. The van der Waals surface area contributed by atoms with Gasteiger partial charge in [-0.25, -0.2) is 4.79 Å². The maximum Gasteiger partial charge on any atom is 0.408 e. The first-order valence-electron chi connectivity index (χ1n) is 10.5. The number of ether oxygens (including phenoxy) is 1. The van der Waals surface area contributed by atoms with Crippen molar-refractivity contribution in [2.75, 3.05) is 0 Å². The van der Waals surface area contributed by atoms with Gasteiger partial charge in [0.05, 0.1) is 26.8 Å². The minimum Gasteiger partial charge on any atom is -0.444 e. The molecule has 3 rings (SSSR count). The van der Waals surface area contributed by atoms with Crippen LogP contribution in [0.4, 0.5) is 4.79 Å². The summed E-state index contributed by atoms with van der Waals surface area (Å²) in [6, 6.07) is 13.1. The number of carbonyl (C=O) groups is 2. The van der Waals surface area contributed by atoms with E-state index in [4.69, 9.17) is 51.1 Å². The van der Waals surface area contributed by atoms with Gasteiger partial charge in [-0.15, -0.1) is 0 Å². The summed E-state index contributed by atoms with van der Waals surface area (Å²) in [4.78, 5) is 30.5. The maximum absolute atomic E-state index is 13.6. The van der Waals surface area contributed by atoms with Crippen molar-refractivity contribution in [2.45, 2.75) is 38.5 Å². The first-order chi connectivity index (χ1) is 16.4. The molecule has 1 heterocycles. The number of aromatic nitrogens is 1. The van der Waals surface area contributed by atoms with Gasteiger partial charge in [0.2, 0.25) is 5.91 Å². The van der Waals surface area contributed by atoms with E-state index in [2.05, 4.69) is 15.6 Å². The molecule has 0 radical (unpaired) electrons. The highest BCUT2D eigenvalue weighted by molar-refractivity contribution is 6.42. The average Bonchev–Trinajstić information content (AvgIpc) is 2.77. The Morgan fingerprint density at radius 3 is 2.20 bits per heavy atom. The number of nitrogens with one attached hydrogen (secondary N) is 2. The number of alkyl carbamates (subject to hydrolysis) is 1. The first-order valence-corrected chi connectivity index (χ1v) is 12.1. The Hall–Kier alpha value is -2.51. The molecule has 0 saturated heterocycles. The molecular formula is C25H23Cl4N3O3. The van der Waals surface area contributed by atoms with E-state index in [9.17, 15) is 9.59 Å². The minimum atomic E-state index is -1.11. The molecule has 1 aromatic heterocycles. The van der Waals surface area contributed by atoms with E-state index in [0.29, 0.717) is 36.9 Å². The normalized spacial score (nSPS) is 13.0. The second-order valence-corrected chi connectivity index (χ2v) is 10.3. The highest BCUT2D eigenvalue weighted by Gasteiger charge is 2.29. The Morgan fingerprint density at radius 1 is 0.857 bits per heavy atom. The molecule has 6 nitrogen and oxygen atoms in total. The molecular weight excluding hydrogens is 532 g/mol. The van der Waals surface area contributed by atoms with Gasteiger partial charge in [-0.05, 0) is 68.3 Å². The second-order valence-electron chi connectivity index (χ2n) is 8.65. The van der Waals surface area contributed by atoms with Crippen molar-refractivity contribution in [2.24, 2.45) is 0 Å². The standard InChI is InChI=1S/C25H23Cl4N3O3/c1-25(2,3)35-24(34)32-22(14-5-4-6-16(26)11-14)23(33)31-21(20-10-8-17(27)13-30-20)15-7-9-18(28)19(29)12-15/h4-13,21-22H,1-3H3,(H,31,33)(H,32,34)/t21-,22?/m0/s1. The quantitative estimate of drug-likeness (QED) is 0.338. The molecule has 2 aromatic carbocycles. The Morgan fingerprint density at radius 2 is 1.60 bits per heavy atom. The molecule has 10 heteroatoms. The first kappa shape index (κ1) is 27.1. The number of hydrogen-bond acceptors (Lipinski definition) is 4. The average molecular weight is 555 g/mol. The zero-order valence-corrected chi connectivity index (χ0v) is 22.1. The summed E-state index contributed by atoms with van der Waals surface area (Å²) < 4.78 is 5.36. The van der Waals surface area contributed by atoms with Crippen LogP contribution in [-0.2, 0) is 9.53 Å². The van der Waals surface area contributed by atoms with Crippen molar-refractivity contribution in [3.8, 4) is 0 Å². The van der Waals surface area contributed by atoms with Crippen LogP contribution in [0.1, 0.15) is 49.7 Å². The van der Waals surface area contributed by atoms with Gasteiger partial charge >= 0.3 is 6.09 Å². The van der Waals surface area contributed by atoms with Gasteiger partial charge in [0, 0.05) is 11.2 Å². The minimum absolute atomic E-state index is 0.315. The molecule has 0 aliphatic rings. The van der Waals surface area contributed by atoms with Crippen molar-refractivity contribution < 1.29 is 14.3 Å². The van der Waals surface area contributed by atoms with E-state index in [1.54, 1.807) is 75.4 Å². The molecule has 3 aromatic rings. The maximum atomic E-state index is 13.6. The van der Waals surface area contributed by atoms with E-state index in [1.807, 2.05) is 0 Å². The molecule has 0 aliphatic carbocycles.